The van der Waals surface area contributed by atoms with E-state index in [9.17, 15) is 0 Å². The lowest BCUT2D eigenvalue weighted by Crippen LogP contribution is -2.61. The van der Waals surface area contributed by atoms with Crippen molar-refractivity contribution in [2.45, 2.75) is 96.7 Å². The first-order valence-electron chi connectivity index (χ1n) is 13.6. The molecule has 2 aromatic rings. The maximum absolute atomic E-state index is 6.97. The van der Waals surface area contributed by atoms with Gasteiger partial charge in [0.25, 0.3) is 0 Å². The van der Waals surface area contributed by atoms with Crippen LogP contribution in [0.15, 0.2) is 54.6 Å². The zero-order valence-corrected chi connectivity index (χ0v) is 29.0. The van der Waals surface area contributed by atoms with E-state index in [2.05, 4.69) is 84.3 Å². The highest BCUT2D eigenvalue weighted by molar-refractivity contribution is 6.86. The van der Waals surface area contributed by atoms with Crippen LogP contribution in [-0.2, 0) is 30.7 Å². The molecule has 7 nitrogen and oxygen atoms in total. The van der Waals surface area contributed by atoms with Gasteiger partial charge in [-0.15, -0.1) is 0 Å². The molecule has 0 radical (unpaired) electrons. The van der Waals surface area contributed by atoms with Crippen molar-refractivity contribution >= 4 is 44.6 Å². The first-order valence-corrected chi connectivity index (χ1v) is 23.9. The Morgan fingerprint density at radius 2 is 1.33 bits per heavy atom. The van der Waals surface area contributed by atoms with E-state index in [1.165, 1.54) is 5.56 Å². The molecule has 0 spiro atoms. The highest BCUT2D eigenvalue weighted by atomic mass is 28.5. The molecule has 11 heteroatoms. The molecule has 2 bridgehead atoms. The summed E-state index contributed by atoms with van der Waals surface area (Å²) in [5.41, 5.74) is 1.19. The Morgan fingerprint density at radius 3 is 1.92 bits per heavy atom. The molecule has 3 saturated heterocycles. The van der Waals surface area contributed by atoms with Gasteiger partial charge in [-0.05, 0) is 60.1 Å². The van der Waals surface area contributed by atoms with Gasteiger partial charge in [0.05, 0.1) is 12.2 Å². The Hall–Kier alpha value is -0.972. The molecule has 0 saturated carbocycles. The van der Waals surface area contributed by atoms with Crippen LogP contribution in [0.2, 0.25) is 39.3 Å². The average molecular weight is 606 g/mol. The fourth-order valence-electron chi connectivity index (χ4n) is 5.52. The molecule has 3 aliphatic heterocycles. The lowest BCUT2D eigenvalue weighted by molar-refractivity contribution is -0.0703. The van der Waals surface area contributed by atoms with E-state index < -0.39 is 34.2 Å². The number of hydrogen-bond donors (Lipinski definition) is 0. The van der Waals surface area contributed by atoms with Crippen molar-refractivity contribution in [2.24, 2.45) is 0 Å². The molecule has 3 aliphatic rings. The summed E-state index contributed by atoms with van der Waals surface area (Å²) in [4.78, 5) is 0. The smallest absolute Gasteiger partial charge is 0.413 e. The molecular formula is C28H45O7Si4-. The van der Waals surface area contributed by atoms with Crippen LogP contribution in [-0.4, -0.2) is 70.9 Å². The van der Waals surface area contributed by atoms with E-state index in [-0.39, 0.29) is 44.1 Å². The summed E-state index contributed by atoms with van der Waals surface area (Å²) >= 11 is 0. The second-order valence-corrected chi connectivity index (χ2v) is 26.7. The number of aryl methyl sites for hydroxylation is 1. The second-order valence-electron chi connectivity index (χ2n) is 12.6. The van der Waals surface area contributed by atoms with Crippen molar-refractivity contribution in [1.82, 2.24) is 0 Å². The van der Waals surface area contributed by atoms with Crippen molar-refractivity contribution in [1.29, 1.82) is 0 Å². The SMILES string of the molecule is Cc1ccc([Si]2(O[Si](C)(C)C)OC(C)C(C3O[Si]4(c5ccccc5)OC(C(C)O[Si](C)(C)C)C3O4)O2)cc1.[CH3-]. The van der Waals surface area contributed by atoms with Crippen molar-refractivity contribution in [3.8, 4) is 0 Å². The van der Waals surface area contributed by atoms with E-state index in [0.29, 0.717) is 0 Å². The Morgan fingerprint density at radius 1 is 0.718 bits per heavy atom. The van der Waals surface area contributed by atoms with Crippen molar-refractivity contribution < 1.29 is 30.7 Å². The molecular weight excluding hydrogens is 561 g/mol. The summed E-state index contributed by atoms with van der Waals surface area (Å²) in [6.45, 7) is 19.3. The molecule has 2 aromatic carbocycles. The third-order valence-electron chi connectivity index (χ3n) is 6.92. The van der Waals surface area contributed by atoms with Gasteiger partial charge >= 0.3 is 17.6 Å². The van der Waals surface area contributed by atoms with E-state index in [1.54, 1.807) is 0 Å². The van der Waals surface area contributed by atoms with Crippen LogP contribution < -0.4 is 10.4 Å². The normalized spacial score (nSPS) is 35.2. The Kier molecular flexibility index (Phi) is 8.76. The van der Waals surface area contributed by atoms with Gasteiger partial charge in [0, 0.05) is 10.4 Å². The maximum Gasteiger partial charge on any atom is 0.538 e. The summed E-state index contributed by atoms with van der Waals surface area (Å²) in [6, 6.07) is 18.4. The van der Waals surface area contributed by atoms with Gasteiger partial charge in [-0.2, -0.15) is 0 Å². The van der Waals surface area contributed by atoms with Gasteiger partial charge in [-0.1, -0.05) is 60.2 Å². The number of rotatable bonds is 8. The fourth-order valence-corrected chi connectivity index (χ4v) is 16.2. The molecule has 0 N–H and O–H groups in total. The summed E-state index contributed by atoms with van der Waals surface area (Å²) in [7, 11) is -10.2. The molecule has 3 heterocycles. The van der Waals surface area contributed by atoms with Gasteiger partial charge in [0.2, 0.25) is 0 Å². The topological polar surface area (TPSA) is 64.6 Å². The standard InChI is InChI=1S/C27H42O7Si4.CH3/c1-19-15-17-23(18-16-19)38(34-36(7,8)9)29-21(3)25(31-38)27-26-24(20(2)28-35(4,5)6)30-37(32-26,33-27)22-13-11-10-12-14-22;/h10-18,20-21,24-27H,1-9H3;1H3/q;-1. The first kappa shape index (κ1) is 31.0. The quantitative estimate of drug-likeness (QED) is 0.324. The highest BCUT2D eigenvalue weighted by Gasteiger charge is 2.70. The molecule has 0 aliphatic carbocycles. The van der Waals surface area contributed by atoms with Crippen LogP contribution in [0.3, 0.4) is 0 Å². The first-order chi connectivity index (χ1) is 17.7. The van der Waals surface area contributed by atoms with Crippen LogP contribution in [0.4, 0.5) is 0 Å². The fraction of sp³-hybridized carbons (Fsp3) is 0.536. The third kappa shape index (κ3) is 6.28. The summed E-state index contributed by atoms with van der Waals surface area (Å²) < 4.78 is 47.2. The molecule has 0 amide bonds. The molecule has 8 atom stereocenters. The number of fused-ring (bicyclic) bond motifs is 2. The molecule has 3 fully saturated rings. The Bertz CT molecular complexity index is 1120. The second kappa shape index (κ2) is 11.0. The van der Waals surface area contributed by atoms with E-state index in [1.807, 2.05) is 30.3 Å². The lowest BCUT2D eigenvalue weighted by atomic mass is 9.97. The number of hydrogen-bond acceptors (Lipinski definition) is 7. The van der Waals surface area contributed by atoms with Crippen LogP contribution in [0.5, 0.6) is 0 Å². The molecule has 39 heavy (non-hydrogen) atoms. The molecule has 0 aromatic heterocycles. The third-order valence-corrected chi connectivity index (χ3v) is 16.6. The summed E-state index contributed by atoms with van der Waals surface area (Å²) in [5, 5.41) is 1.95. The monoisotopic (exact) mass is 605 g/mol. The minimum atomic E-state index is -3.20. The van der Waals surface area contributed by atoms with Crippen molar-refractivity contribution in [3.63, 3.8) is 0 Å². The van der Waals surface area contributed by atoms with Crippen molar-refractivity contribution in [3.05, 3.63) is 67.6 Å². The maximum atomic E-state index is 6.97. The molecule has 5 rings (SSSR count). The van der Waals surface area contributed by atoms with Gasteiger partial charge in [0.15, 0.2) is 16.6 Å². The Labute approximate surface area is 239 Å². The lowest BCUT2D eigenvalue weighted by Gasteiger charge is -2.38. The number of benzene rings is 2. The van der Waals surface area contributed by atoms with Crippen LogP contribution in [0.25, 0.3) is 0 Å². The molecule has 216 valence electrons. The van der Waals surface area contributed by atoms with Gasteiger partial charge < -0.3 is 38.1 Å². The minimum absolute atomic E-state index is 0. The van der Waals surface area contributed by atoms with Gasteiger partial charge in [0.1, 0.15) is 24.4 Å². The average Bonchev–Trinajstić information content (AvgIpc) is 3.48. The highest BCUT2D eigenvalue weighted by Crippen LogP contribution is 2.44. The zero-order valence-electron chi connectivity index (χ0n) is 25.0. The predicted molar refractivity (Wildman–Crippen MR) is 163 cm³/mol. The Balaban J connectivity index is 0.00000353. The van der Waals surface area contributed by atoms with E-state index >= 15 is 0 Å². The van der Waals surface area contributed by atoms with Gasteiger partial charge in [-0.3, -0.25) is 0 Å². The van der Waals surface area contributed by atoms with Crippen LogP contribution in [0, 0.1) is 14.4 Å². The van der Waals surface area contributed by atoms with E-state index in [0.717, 1.165) is 10.4 Å². The zero-order chi connectivity index (χ0) is 27.5. The van der Waals surface area contributed by atoms with E-state index in [4.69, 9.17) is 30.7 Å². The largest absolute Gasteiger partial charge is 0.538 e. The minimum Gasteiger partial charge on any atom is -0.413 e. The van der Waals surface area contributed by atoms with Crippen LogP contribution >= 0.6 is 0 Å². The molecule has 8 unspecified atom stereocenters. The van der Waals surface area contributed by atoms with Crippen LogP contribution in [0.1, 0.15) is 19.4 Å². The van der Waals surface area contributed by atoms with Gasteiger partial charge in [-0.25, -0.2) is 0 Å². The van der Waals surface area contributed by atoms with Crippen molar-refractivity contribution in [2.75, 3.05) is 0 Å². The predicted octanol–water partition coefficient (Wildman–Crippen LogP) is 4.52. The summed E-state index contributed by atoms with van der Waals surface area (Å²) in [5.74, 6) is 0. The summed E-state index contributed by atoms with van der Waals surface area (Å²) in [6.07, 6.45) is -1.65.